The number of aliphatic hydroxyl groups is 3. The standard InChI is InChI=1S/C29H63N2O5/c1-10-12-14-16-18-20-22-35-26(24(3)32)29(31(7,8)9,28(5,34)30-6)27(25(4)33)36-23-21-19-17-15-13-11-2/h24-27,30,32-34H,10-23H2,1-9H3/q+1. The van der Waals surface area contributed by atoms with Crippen molar-refractivity contribution in [1.29, 1.82) is 0 Å². The number of hydrogen-bond acceptors (Lipinski definition) is 6. The van der Waals surface area contributed by atoms with Gasteiger partial charge in [-0.15, -0.1) is 0 Å². The Morgan fingerprint density at radius 3 is 1.31 bits per heavy atom. The van der Waals surface area contributed by atoms with Crippen LogP contribution in [0.1, 0.15) is 112 Å². The average molecular weight is 520 g/mol. The fourth-order valence-corrected chi connectivity index (χ4v) is 5.79. The largest absolute Gasteiger partial charge is 0.390 e. The summed E-state index contributed by atoms with van der Waals surface area (Å²) in [6.07, 6.45) is 10.3. The van der Waals surface area contributed by atoms with E-state index in [0.717, 1.165) is 25.7 Å². The quantitative estimate of drug-likeness (QED) is 0.0895. The van der Waals surface area contributed by atoms with Gasteiger partial charge in [-0.25, -0.2) is 0 Å². The van der Waals surface area contributed by atoms with E-state index in [4.69, 9.17) is 9.47 Å². The minimum Gasteiger partial charge on any atom is -0.390 e. The molecule has 0 aliphatic carbocycles. The van der Waals surface area contributed by atoms with Crippen LogP contribution in [-0.2, 0) is 9.47 Å². The van der Waals surface area contributed by atoms with Gasteiger partial charge in [0, 0.05) is 13.2 Å². The zero-order valence-electron chi connectivity index (χ0n) is 25.3. The van der Waals surface area contributed by atoms with E-state index < -0.39 is 35.7 Å². The lowest BCUT2D eigenvalue weighted by Crippen LogP contribution is -2.85. The molecule has 0 aromatic rings. The van der Waals surface area contributed by atoms with Crippen LogP contribution in [0.15, 0.2) is 0 Å². The number of ether oxygens (including phenoxy) is 2. The first-order valence-corrected chi connectivity index (χ1v) is 14.7. The molecule has 5 unspecified atom stereocenters. The third-order valence-electron chi connectivity index (χ3n) is 7.71. The van der Waals surface area contributed by atoms with Crippen molar-refractivity contribution in [2.24, 2.45) is 0 Å². The number of aliphatic hydroxyl groups excluding tert-OH is 2. The van der Waals surface area contributed by atoms with E-state index in [1.807, 2.05) is 21.1 Å². The Morgan fingerprint density at radius 2 is 1.03 bits per heavy atom. The topological polar surface area (TPSA) is 91.2 Å². The Morgan fingerprint density at radius 1 is 0.694 bits per heavy atom. The number of nitrogens with one attached hydrogen (secondary N) is 1. The van der Waals surface area contributed by atoms with Crippen molar-refractivity contribution >= 4 is 0 Å². The van der Waals surface area contributed by atoms with Gasteiger partial charge in [0.05, 0.1) is 33.4 Å². The summed E-state index contributed by atoms with van der Waals surface area (Å²) in [6.45, 7) is 10.5. The number of nitrogens with zero attached hydrogens (tertiary/aromatic N) is 1. The Kier molecular flexibility index (Phi) is 17.9. The summed E-state index contributed by atoms with van der Waals surface area (Å²) in [5.74, 6) is 0. The summed E-state index contributed by atoms with van der Waals surface area (Å²) >= 11 is 0. The fraction of sp³-hybridized carbons (Fsp3) is 1.00. The summed E-state index contributed by atoms with van der Waals surface area (Å²) in [5.41, 5.74) is -2.73. The van der Waals surface area contributed by atoms with Gasteiger partial charge in [-0.1, -0.05) is 78.1 Å². The normalized spacial score (nSPS) is 19.3. The molecular weight excluding hydrogens is 456 g/mol. The lowest BCUT2D eigenvalue weighted by atomic mass is 9.70. The van der Waals surface area contributed by atoms with Gasteiger partial charge >= 0.3 is 0 Å². The van der Waals surface area contributed by atoms with Crippen molar-refractivity contribution in [3.8, 4) is 0 Å². The molecule has 5 atom stereocenters. The molecule has 0 heterocycles. The van der Waals surface area contributed by atoms with Crippen molar-refractivity contribution in [1.82, 2.24) is 5.32 Å². The Labute approximate surface area is 223 Å². The highest BCUT2D eigenvalue weighted by atomic mass is 16.5. The van der Waals surface area contributed by atoms with Gasteiger partial charge in [0.15, 0.2) is 11.3 Å². The summed E-state index contributed by atoms with van der Waals surface area (Å²) in [7, 11) is 7.61. The highest BCUT2D eigenvalue weighted by Gasteiger charge is 2.69. The summed E-state index contributed by atoms with van der Waals surface area (Å²) in [5, 5.41) is 37.1. The second-order valence-corrected chi connectivity index (χ2v) is 11.8. The SMILES string of the molecule is CCCCCCCCOC(C(C)O)C(C(OCCCCCCCC)C(C)O)(C(C)(O)NC)[N+](C)(C)C. The van der Waals surface area contributed by atoms with Gasteiger partial charge in [0.1, 0.15) is 12.2 Å². The van der Waals surface area contributed by atoms with Gasteiger partial charge in [-0.3, -0.25) is 5.32 Å². The second-order valence-electron chi connectivity index (χ2n) is 11.8. The van der Waals surface area contributed by atoms with Crippen molar-refractivity contribution in [2.45, 2.75) is 147 Å². The molecule has 0 aliphatic rings. The van der Waals surface area contributed by atoms with E-state index >= 15 is 0 Å². The highest BCUT2D eigenvalue weighted by Crippen LogP contribution is 2.42. The van der Waals surface area contributed by atoms with Crippen molar-refractivity contribution in [3.05, 3.63) is 0 Å². The average Bonchev–Trinajstić information content (AvgIpc) is 2.79. The van der Waals surface area contributed by atoms with E-state index in [9.17, 15) is 15.3 Å². The number of unbranched alkanes of at least 4 members (excludes halogenated alkanes) is 10. The molecule has 7 nitrogen and oxygen atoms in total. The molecule has 0 aromatic heterocycles. The first-order chi connectivity index (χ1) is 16.8. The van der Waals surface area contributed by atoms with Crippen molar-refractivity contribution in [3.63, 3.8) is 0 Å². The maximum Gasteiger partial charge on any atom is 0.199 e. The minimum absolute atomic E-state index is 0.221. The maximum absolute atomic E-state index is 11.9. The van der Waals surface area contributed by atoms with E-state index in [0.29, 0.717) is 13.2 Å². The smallest absolute Gasteiger partial charge is 0.199 e. The molecule has 0 spiro atoms. The van der Waals surface area contributed by atoms with Crippen LogP contribution in [0.25, 0.3) is 0 Å². The Bertz CT molecular complexity index is 504. The molecule has 36 heavy (non-hydrogen) atoms. The lowest BCUT2D eigenvalue weighted by Gasteiger charge is -2.60. The van der Waals surface area contributed by atoms with Gasteiger partial charge in [-0.2, -0.15) is 0 Å². The van der Waals surface area contributed by atoms with Gasteiger partial charge in [0.25, 0.3) is 0 Å². The monoisotopic (exact) mass is 519 g/mol. The molecule has 0 amide bonds. The number of hydrogen-bond donors (Lipinski definition) is 4. The Hall–Kier alpha value is -0.280. The van der Waals surface area contributed by atoms with Crippen molar-refractivity contribution in [2.75, 3.05) is 41.4 Å². The third-order valence-corrected chi connectivity index (χ3v) is 7.71. The predicted octanol–water partition coefficient (Wildman–Crippen LogP) is 4.61. The molecule has 0 aromatic carbocycles. The zero-order valence-corrected chi connectivity index (χ0v) is 25.3. The fourth-order valence-electron chi connectivity index (χ4n) is 5.79. The van der Waals surface area contributed by atoms with Crippen LogP contribution in [-0.4, -0.2) is 96.9 Å². The van der Waals surface area contributed by atoms with E-state index in [2.05, 4.69) is 19.2 Å². The first-order valence-electron chi connectivity index (χ1n) is 14.7. The molecule has 218 valence electrons. The van der Waals surface area contributed by atoms with Crippen LogP contribution in [0, 0.1) is 0 Å². The summed E-state index contributed by atoms with van der Waals surface area (Å²) in [6, 6.07) is 0. The molecule has 0 aliphatic heterocycles. The molecule has 0 radical (unpaired) electrons. The van der Waals surface area contributed by atoms with E-state index in [1.165, 1.54) is 51.4 Å². The summed E-state index contributed by atoms with van der Waals surface area (Å²) < 4.78 is 13.1. The number of likely N-dealkylation sites (N-methyl/N-ethyl adjacent to an activating group) is 2. The molecule has 7 heteroatoms. The van der Waals surface area contributed by atoms with Gasteiger partial charge < -0.3 is 29.3 Å². The zero-order chi connectivity index (χ0) is 27.8. The summed E-state index contributed by atoms with van der Waals surface area (Å²) in [4.78, 5) is 0. The van der Waals surface area contributed by atoms with Crippen LogP contribution in [0.5, 0.6) is 0 Å². The van der Waals surface area contributed by atoms with E-state index in [1.54, 1.807) is 27.8 Å². The second kappa shape index (κ2) is 18.1. The van der Waals surface area contributed by atoms with Crippen LogP contribution >= 0.6 is 0 Å². The lowest BCUT2D eigenvalue weighted by molar-refractivity contribution is -0.943. The van der Waals surface area contributed by atoms with Crippen molar-refractivity contribution < 1.29 is 29.3 Å². The van der Waals surface area contributed by atoms with Crippen LogP contribution in [0.3, 0.4) is 0 Å². The molecule has 4 N–H and O–H groups in total. The van der Waals surface area contributed by atoms with Crippen LogP contribution in [0.2, 0.25) is 0 Å². The molecular formula is C29H63N2O5+. The molecule has 0 rings (SSSR count). The Balaban J connectivity index is 5.97. The maximum atomic E-state index is 11.9. The van der Waals surface area contributed by atoms with Gasteiger partial charge in [-0.05, 0) is 40.7 Å². The predicted molar refractivity (Wildman–Crippen MR) is 150 cm³/mol. The molecule has 0 saturated heterocycles. The van der Waals surface area contributed by atoms with E-state index in [-0.39, 0.29) is 4.48 Å². The molecule has 0 fully saturated rings. The van der Waals surface area contributed by atoms with Gasteiger partial charge in [0.2, 0.25) is 0 Å². The molecule has 0 bridgehead atoms. The first kappa shape index (κ1) is 35.7. The third kappa shape index (κ3) is 10.5. The highest BCUT2D eigenvalue weighted by molar-refractivity contribution is 5.10. The van der Waals surface area contributed by atoms with Crippen LogP contribution in [0.4, 0.5) is 0 Å². The number of rotatable bonds is 23. The van der Waals surface area contributed by atoms with Crippen LogP contribution < -0.4 is 5.32 Å². The molecule has 0 saturated carbocycles. The number of quaternary nitrogens is 1. The minimum atomic E-state index is -1.52.